The number of aliphatic carboxylic acids is 1. The number of piperidine rings is 1. The molecule has 0 aromatic heterocycles. The summed E-state index contributed by atoms with van der Waals surface area (Å²) < 4.78 is 0. The molecule has 1 aliphatic heterocycles. The first-order valence-corrected chi connectivity index (χ1v) is 6.45. The molecule has 100 valence electrons. The van der Waals surface area contributed by atoms with Crippen molar-refractivity contribution in [3.63, 3.8) is 0 Å². The van der Waals surface area contributed by atoms with Gasteiger partial charge < -0.3 is 10.0 Å². The normalized spacial score (nSPS) is 25.1. The Balaban J connectivity index is 2.44. The van der Waals surface area contributed by atoms with Crippen LogP contribution in [0.3, 0.4) is 0 Å². The Kier molecular flexibility index (Phi) is 4.95. The summed E-state index contributed by atoms with van der Waals surface area (Å²) in [7, 11) is 4.17. The standard InChI is InChI=1S/C13H26N2O2/c1-13(2)10-11(12(16)17)6-9-15(13)8-5-7-14(3)4/h11H,5-10H2,1-4H3,(H,16,17). The molecule has 0 aromatic rings. The molecule has 0 amide bonds. The minimum atomic E-state index is -0.633. The van der Waals surface area contributed by atoms with Gasteiger partial charge in [0, 0.05) is 5.54 Å². The predicted molar refractivity (Wildman–Crippen MR) is 69.2 cm³/mol. The SMILES string of the molecule is CN(C)CCCN1CCC(C(=O)O)CC1(C)C. The Morgan fingerprint density at radius 3 is 2.59 bits per heavy atom. The molecule has 4 heteroatoms. The van der Waals surface area contributed by atoms with Gasteiger partial charge in [0.15, 0.2) is 0 Å². The van der Waals surface area contributed by atoms with Crippen LogP contribution in [0.15, 0.2) is 0 Å². The quantitative estimate of drug-likeness (QED) is 0.794. The third-order valence-electron chi connectivity index (χ3n) is 3.73. The average molecular weight is 242 g/mol. The van der Waals surface area contributed by atoms with Crippen molar-refractivity contribution in [1.29, 1.82) is 0 Å². The van der Waals surface area contributed by atoms with E-state index >= 15 is 0 Å². The highest BCUT2D eigenvalue weighted by molar-refractivity contribution is 5.70. The molecule has 1 rings (SSSR count). The van der Waals surface area contributed by atoms with Gasteiger partial charge in [0.25, 0.3) is 0 Å². The maximum absolute atomic E-state index is 11.0. The second-order valence-electron chi connectivity index (χ2n) is 5.98. The highest BCUT2D eigenvalue weighted by atomic mass is 16.4. The highest BCUT2D eigenvalue weighted by Crippen LogP contribution is 2.31. The van der Waals surface area contributed by atoms with Crippen molar-refractivity contribution >= 4 is 5.97 Å². The van der Waals surface area contributed by atoms with Crippen molar-refractivity contribution in [2.45, 2.75) is 38.6 Å². The predicted octanol–water partition coefficient (Wildman–Crippen LogP) is 1.51. The summed E-state index contributed by atoms with van der Waals surface area (Å²) in [6.07, 6.45) is 2.71. The maximum atomic E-state index is 11.0. The van der Waals surface area contributed by atoms with Gasteiger partial charge >= 0.3 is 5.97 Å². The van der Waals surface area contributed by atoms with E-state index in [-0.39, 0.29) is 11.5 Å². The Bertz CT molecular complexity index is 264. The van der Waals surface area contributed by atoms with Gasteiger partial charge in [-0.25, -0.2) is 0 Å². The molecule has 1 fully saturated rings. The molecule has 0 aromatic carbocycles. The second kappa shape index (κ2) is 5.83. The zero-order valence-corrected chi connectivity index (χ0v) is 11.6. The van der Waals surface area contributed by atoms with E-state index in [1.165, 1.54) is 0 Å². The zero-order valence-electron chi connectivity index (χ0n) is 11.6. The number of nitrogens with zero attached hydrogens (tertiary/aromatic N) is 2. The van der Waals surface area contributed by atoms with Gasteiger partial charge in [0.2, 0.25) is 0 Å². The number of carbonyl (C=O) groups is 1. The van der Waals surface area contributed by atoms with Crippen LogP contribution >= 0.6 is 0 Å². The number of carboxylic acid groups (broad SMARTS) is 1. The Morgan fingerprint density at radius 1 is 1.47 bits per heavy atom. The number of likely N-dealkylation sites (tertiary alicyclic amines) is 1. The van der Waals surface area contributed by atoms with E-state index in [1.807, 2.05) is 0 Å². The Morgan fingerprint density at radius 2 is 2.12 bits per heavy atom. The molecule has 1 heterocycles. The van der Waals surface area contributed by atoms with E-state index in [9.17, 15) is 4.79 Å². The lowest BCUT2D eigenvalue weighted by molar-refractivity contribution is -0.145. The van der Waals surface area contributed by atoms with Crippen LogP contribution in [0.5, 0.6) is 0 Å². The van der Waals surface area contributed by atoms with Crippen molar-refractivity contribution in [3.8, 4) is 0 Å². The monoisotopic (exact) mass is 242 g/mol. The Labute approximate surface area is 105 Å². The molecule has 1 atom stereocenters. The fourth-order valence-electron chi connectivity index (χ4n) is 2.65. The molecular weight excluding hydrogens is 216 g/mol. The number of carboxylic acids is 1. The molecular formula is C13H26N2O2. The highest BCUT2D eigenvalue weighted by Gasteiger charge is 2.37. The van der Waals surface area contributed by atoms with Crippen LogP contribution in [-0.2, 0) is 4.79 Å². The van der Waals surface area contributed by atoms with Crippen LogP contribution in [0.1, 0.15) is 33.1 Å². The molecule has 1 N–H and O–H groups in total. The van der Waals surface area contributed by atoms with Gasteiger partial charge in [-0.1, -0.05) is 0 Å². The van der Waals surface area contributed by atoms with E-state index in [0.717, 1.165) is 38.9 Å². The molecule has 0 radical (unpaired) electrons. The minimum Gasteiger partial charge on any atom is -0.481 e. The van der Waals surface area contributed by atoms with Gasteiger partial charge in [-0.05, 0) is 66.8 Å². The summed E-state index contributed by atoms with van der Waals surface area (Å²) >= 11 is 0. The molecule has 0 spiro atoms. The fraction of sp³-hybridized carbons (Fsp3) is 0.923. The first-order chi connectivity index (χ1) is 7.83. The summed E-state index contributed by atoms with van der Waals surface area (Å²) in [6.45, 7) is 7.40. The van der Waals surface area contributed by atoms with Crippen LogP contribution < -0.4 is 0 Å². The van der Waals surface area contributed by atoms with Crippen molar-refractivity contribution in [1.82, 2.24) is 9.80 Å². The van der Waals surface area contributed by atoms with Gasteiger partial charge in [0.05, 0.1) is 5.92 Å². The van der Waals surface area contributed by atoms with Crippen LogP contribution in [0, 0.1) is 5.92 Å². The van der Waals surface area contributed by atoms with Crippen molar-refractivity contribution in [2.24, 2.45) is 5.92 Å². The summed E-state index contributed by atoms with van der Waals surface area (Å²) in [5.74, 6) is -0.791. The van der Waals surface area contributed by atoms with Crippen LogP contribution in [-0.4, -0.2) is 60.1 Å². The van der Waals surface area contributed by atoms with Gasteiger partial charge in [-0.2, -0.15) is 0 Å². The van der Waals surface area contributed by atoms with E-state index in [0.29, 0.717) is 0 Å². The lowest BCUT2D eigenvalue weighted by atomic mass is 9.82. The molecule has 0 saturated carbocycles. The van der Waals surface area contributed by atoms with Crippen molar-refractivity contribution < 1.29 is 9.90 Å². The molecule has 1 saturated heterocycles. The molecule has 17 heavy (non-hydrogen) atoms. The van der Waals surface area contributed by atoms with Crippen LogP contribution in [0.4, 0.5) is 0 Å². The summed E-state index contributed by atoms with van der Waals surface area (Å²) in [6, 6.07) is 0. The molecule has 1 aliphatic rings. The van der Waals surface area contributed by atoms with Crippen LogP contribution in [0.25, 0.3) is 0 Å². The number of hydrogen-bond acceptors (Lipinski definition) is 3. The van der Waals surface area contributed by atoms with Crippen LogP contribution in [0.2, 0.25) is 0 Å². The second-order valence-corrected chi connectivity index (χ2v) is 5.98. The van der Waals surface area contributed by atoms with Gasteiger partial charge in [-0.3, -0.25) is 9.69 Å². The van der Waals surface area contributed by atoms with E-state index in [2.05, 4.69) is 37.7 Å². The molecule has 0 bridgehead atoms. The molecule has 4 nitrogen and oxygen atoms in total. The third kappa shape index (κ3) is 4.28. The lowest BCUT2D eigenvalue weighted by Crippen LogP contribution is -2.51. The maximum Gasteiger partial charge on any atom is 0.306 e. The first-order valence-electron chi connectivity index (χ1n) is 6.45. The van der Waals surface area contributed by atoms with E-state index in [4.69, 9.17) is 5.11 Å². The third-order valence-corrected chi connectivity index (χ3v) is 3.73. The lowest BCUT2D eigenvalue weighted by Gasteiger charge is -2.44. The zero-order chi connectivity index (χ0) is 13.1. The fourth-order valence-corrected chi connectivity index (χ4v) is 2.65. The minimum absolute atomic E-state index is 0.0214. The smallest absolute Gasteiger partial charge is 0.306 e. The Hall–Kier alpha value is -0.610. The summed E-state index contributed by atoms with van der Waals surface area (Å²) in [5, 5.41) is 9.08. The van der Waals surface area contributed by atoms with E-state index in [1.54, 1.807) is 0 Å². The van der Waals surface area contributed by atoms with Gasteiger partial charge in [-0.15, -0.1) is 0 Å². The number of hydrogen-bond donors (Lipinski definition) is 1. The van der Waals surface area contributed by atoms with Gasteiger partial charge in [0.1, 0.15) is 0 Å². The molecule has 1 unspecified atom stereocenters. The summed E-state index contributed by atoms with van der Waals surface area (Å²) in [4.78, 5) is 15.7. The number of rotatable bonds is 5. The van der Waals surface area contributed by atoms with Crippen molar-refractivity contribution in [2.75, 3.05) is 33.7 Å². The molecule has 0 aliphatic carbocycles. The largest absolute Gasteiger partial charge is 0.481 e. The van der Waals surface area contributed by atoms with Crippen molar-refractivity contribution in [3.05, 3.63) is 0 Å². The average Bonchev–Trinajstić information content (AvgIpc) is 2.19. The topological polar surface area (TPSA) is 43.8 Å². The first kappa shape index (κ1) is 14.5. The van der Waals surface area contributed by atoms with E-state index < -0.39 is 5.97 Å². The summed E-state index contributed by atoms with van der Waals surface area (Å²) in [5.41, 5.74) is 0.0214.